The summed E-state index contributed by atoms with van der Waals surface area (Å²) in [5, 5.41) is 3.60. The zero-order chi connectivity index (χ0) is 14.1. The van der Waals surface area contributed by atoms with Crippen LogP contribution in [0.4, 0.5) is 0 Å². The molecule has 19 heavy (non-hydrogen) atoms. The molecule has 1 aromatic carbocycles. The van der Waals surface area contributed by atoms with Crippen molar-refractivity contribution in [2.24, 2.45) is 5.92 Å². The van der Waals surface area contributed by atoms with Crippen LogP contribution in [0, 0.1) is 5.92 Å². The monoisotopic (exact) mass is 263 g/mol. The van der Waals surface area contributed by atoms with Crippen LogP contribution in [0.2, 0.25) is 0 Å². The molecule has 0 saturated heterocycles. The summed E-state index contributed by atoms with van der Waals surface area (Å²) in [6.07, 6.45) is 3.43. The Morgan fingerprint density at radius 1 is 1.16 bits per heavy atom. The Balaban J connectivity index is 2.87. The maximum Gasteiger partial charge on any atom is 0.124 e. The van der Waals surface area contributed by atoms with Crippen LogP contribution < -0.4 is 10.1 Å². The molecule has 0 aromatic heterocycles. The van der Waals surface area contributed by atoms with Crippen LogP contribution in [-0.2, 0) is 0 Å². The maximum atomic E-state index is 5.89. The highest BCUT2D eigenvalue weighted by atomic mass is 16.5. The van der Waals surface area contributed by atoms with Crippen LogP contribution >= 0.6 is 0 Å². The molecule has 0 spiro atoms. The first-order valence-corrected chi connectivity index (χ1v) is 7.67. The topological polar surface area (TPSA) is 21.3 Å². The van der Waals surface area contributed by atoms with Crippen molar-refractivity contribution in [3.05, 3.63) is 29.8 Å². The van der Waals surface area contributed by atoms with Crippen LogP contribution in [0.15, 0.2) is 24.3 Å². The second-order valence-corrected chi connectivity index (χ2v) is 5.25. The van der Waals surface area contributed by atoms with Crippen LogP contribution in [0.1, 0.15) is 58.6 Å². The molecule has 0 heterocycles. The molecule has 1 aromatic rings. The van der Waals surface area contributed by atoms with E-state index in [1.165, 1.54) is 12.0 Å². The number of ether oxygens (including phenoxy) is 1. The Bertz CT molecular complexity index is 351. The summed E-state index contributed by atoms with van der Waals surface area (Å²) in [7, 11) is 0. The van der Waals surface area contributed by atoms with Crippen LogP contribution in [0.3, 0.4) is 0 Å². The minimum absolute atomic E-state index is 0.396. The first kappa shape index (κ1) is 16.0. The smallest absolute Gasteiger partial charge is 0.124 e. The van der Waals surface area contributed by atoms with Gasteiger partial charge in [0.2, 0.25) is 0 Å². The highest BCUT2D eigenvalue weighted by molar-refractivity contribution is 5.36. The van der Waals surface area contributed by atoms with Crippen molar-refractivity contribution in [1.82, 2.24) is 5.32 Å². The lowest BCUT2D eigenvalue weighted by atomic mass is 9.93. The van der Waals surface area contributed by atoms with Gasteiger partial charge in [-0.05, 0) is 31.4 Å². The molecule has 2 unspecified atom stereocenters. The second-order valence-electron chi connectivity index (χ2n) is 5.25. The molecule has 1 N–H and O–H groups in total. The van der Waals surface area contributed by atoms with Crippen molar-refractivity contribution in [1.29, 1.82) is 0 Å². The van der Waals surface area contributed by atoms with Gasteiger partial charge in [-0.2, -0.15) is 0 Å². The van der Waals surface area contributed by atoms with E-state index in [1.54, 1.807) is 0 Å². The first-order chi connectivity index (χ1) is 9.22. The molecule has 2 heteroatoms. The van der Waals surface area contributed by atoms with Gasteiger partial charge in [0.25, 0.3) is 0 Å². The highest BCUT2D eigenvalue weighted by Crippen LogP contribution is 2.30. The maximum absolute atomic E-state index is 5.89. The second kappa shape index (κ2) is 8.98. The Hall–Kier alpha value is -1.02. The van der Waals surface area contributed by atoms with E-state index in [-0.39, 0.29) is 0 Å². The van der Waals surface area contributed by atoms with E-state index >= 15 is 0 Å². The predicted molar refractivity (Wildman–Crippen MR) is 82.7 cm³/mol. The first-order valence-electron chi connectivity index (χ1n) is 7.67. The fourth-order valence-corrected chi connectivity index (χ4v) is 2.25. The molecule has 0 aliphatic heterocycles. The molecule has 1 rings (SSSR count). The lowest BCUT2D eigenvalue weighted by Crippen LogP contribution is -2.23. The number of rotatable bonds is 9. The fourth-order valence-electron chi connectivity index (χ4n) is 2.25. The van der Waals surface area contributed by atoms with E-state index in [0.29, 0.717) is 6.04 Å². The van der Waals surface area contributed by atoms with Crippen molar-refractivity contribution in [2.45, 2.75) is 53.0 Å². The van der Waals surface area contributed by atoms with E-state index < -0.39 is 0 Å². The molecule has 0 fully saturated rings. The third-order valence-corrected chi connectivity index (χ3v) is 3.54. The summed E-state index contributed by atoms with van der Waals surface area (Å²) in [6, 6.07) is 8.84. The molecule has 0 amide bonds. The molecule has 0 radical (unpaired) electrons. The summed E-state index contributed by atoms with van der Waals surface area (Å²) in [4.78, 5) is 0. The van der Waals surface area contributed by atoms with Crippen LogP contribution in [0.25, 0.3) is 0 Å². The Labute approximate surface area is 118 Å². The number of nitrogens with one attached hydrogen (secondary N) is 1. The lowest BCUT2D eigenvalue weighted by Gasteiger charge is -2.24. The average Bonchev–Trinajstić information content (AvgIpc) is 2.44. The predicted octanol–water partition coefficient (Wildman–Crippen LogP) is 4.56. The van der Waals surface area contributed by atoms with Gasteiger partial charge in [-0.3, -0.25) is 0 Å². The minimum atomic E-state index is 0.396. The molecule has 0 saturated carbocycles. The zero-order valence-electron chi connectivity index (χ0n) is 12.9. The van der Waals surface area contributed by atoms with Gasteiger partial charge in [-0.15, -0.1) is 0 Å². The molecule has 0 aliphatic rings. The lowest BCUT2D eigenvalue weighted by molar-refractivity contribution is 0.305. The average molecular weight is 263 g/mol. The third kappa shape index (κ3) is 5.23. The van der Waals surface area contributed by atoms with Crippen molar-refractivity contribution in [3.63, 3.8) is 0 Å². The molecule has 108 valence electrons. The molecule has 2 nitrogen and oxygen atoms in total. The van der Waals surface area contributed by atoms with E-state index in [0.717, 1.165) is 37.7 Å². The van der Waals surface area contributed by atoms with Gasteiger partial charge in [-0.1, -0.05) is 52.3 Å². The Morgan fingerprint density at radius 2 is 1.89 bits per heavy atom. The summed E-state index contributed by atoms with van der Waals surface area (Å²) < 4.78 is 5.89. The van der Waals surface area contributed by atoms with Gasteiger partial charge in [0.15, 0.2) is 0 Å². The molecule has 0 aliphatic carbocycles. The van der Waals surface area contributed by atoms with Crippen LogP contribution in [-0.4, -0.2) is 13.2 Å². The third-order valence-electron chi connectivity index (χ3n) is 3.54. The highest BCUT2D eigenvalue weighted by Gasteiger charge is 2.17. The van der Waals surface area contributed by atoms with Crippen molar-refractivity contribution < 1.29 is 4.74 Å². The molecule has 2 atom stereocenters. The van der Waals surface area contributed by atoms with E-state index in [1.807, 2.05) is 0 Å². The van der Waals surface area contributed by atoms with Crippen molar-refractivity contribution in [2.75, 3.05) is 13.2 Å². The number of benzene rings is 1. The van der Waals surface area contributed by atoms with E-state index in [2.05, 4.69) is 57.3 Å². The standard InChI is InChI=1S/C17H29NO/c1-5-12-19-17-11-9-8-10-15(17)16(18-7-3)13-14(4)6-2/h8-11,14,16,18H,5-7,12-13H2,1-4H3. The van der Waals surface area contributed by atoms with Crippen molar-refractivity contribution in [3.8, 4) is 5.75 Å². The molecule has 0 bridgehead atoms. The summed E-state index contributed by atoms with van der Waals surface area (Å²) in [6.45, 7) is 10.7. The fraction of sp³-hybridized carbons (Fsp3) is 0.647. The Morgan fingerprint density at radius 3 is 2.53 bits per heavy atom. The van der Waals surface area contributed by atoms with Gasteiger partial charge >= 0.3 is 0 Å². The van der Waals surface area contributed by atoms with Gasteiger partial charge in [0, 0.05) is 11.6 Å². The van der Waals surface area contributed by atoms with E-state index in [4.69, 9.17) is 4.74 Å². The van der Waals surface area contributed by atoms with Gasteiger partial charge in [0.1, 0.15) is 5.75 Å². The van der Waals surface area contributed by atoms with Crippen LogP contribution in [0.5, 0.6) is 5.75 Å². The Kier molecular flexibility index (Phi) is 7.57. The molecular weight excluding hydrogens is 234 g/mol. The number of hydrogen-bond donors (Lipinski definition) is 1. The zero-order valence-corrected chi connectivity index (χ0v) is 12.9. The number of hydrogen-bond acceptors (Lipinski definition) is 2. The van der Waals surface area contributed by atoms with Crippen molar-refractivity contribution >= 4 is 0 Å². The minimum Gasteiger partial charge on any atom is -0.493 e. The van der Waals surface area contributed by atoms with Gasteiger partial charge in [-0.25, -0.2) is 0 Å². The number of para-hydroxylation sites is 1. The summed E-state index contributed by atoms with van der Waals surface area (Å²) in [5.74, 6) is 1.77. The van der Waals surface area contributed by atoms with Gasteiger partial charge in [0.05, 0.1) is 6.61 Å². The quantitative estimate of drug-likeness (QED) is 0.705. The molecular formula is C17H29NO. The normalized spacial score (nSPS) is 14.1. The summed E-state index contributed by atoms with van der Waals surface area (Å²) in [5.41, 5.74) is 1.30. The SMILES string of the molecule is CCCOc1ccccc1C(CC(C)CC)NCC. The summed E-state index contributed by atoms with van der Waals surface area (Å²) >= 11 is 0. The van der Waals surface area contributed by atoms with Gasteiger partial charge < -0.3 is 10.1 Å². The van der Waals surface area contributed by atoms with E-state index in [9.17, 15) is 0 Å². The largest absolute Gasteiger partial charge is 0.493 e.